The predicted molar refractivity (Wildman–Crippen MR) is 160 cm³/mol. The van der Waals surface area contributed by atoms with Gasteiger partial charge in [-0.05, 0) is 73.2 Å². The van der Waals surface area contributed by atoms with Gasteiger partial charge in [-0.3, -0.25) is 9.69 Å². The van der Waals surface area contributed by atoms with E-state index in [9.17, 15) is 18.0 Å². The summed E-state index contributed by atoms with van der Waals surface area (Å²) in [5.74, 6) is -2.21. The summed E-state index contributed by atoms with van der Waals surface area (Å²) in [6.07, 6.45) is 2.86. The Labute approximate surface area is 253 Å². The molecule has 0 radical (unpaired) electrons. The normalized spacial score (nSPS) is 15.2. The average Bonchev–Trinajstić information content (AvgIpc) is 3.34. The molecule has 0 spiro atoms. The first-order valence-corrected chi connectivity index (χ1v) is 14.4. The molecular formula is C33H33F3N4O4. The molecule has 0 bridgehead atoms. The number of aromatic nitrogens is 2. The Morgan fingerprint density at radius 2 is 1.66 bits per heavy atom. The van der Waals surface area contributed by atoms with Crippen molar-refractivity contribution >= 4 is 17.6 Å². The third-order valence-electron chi connectivity index (χ3n) is 7.96. The number of anilines is 1. The molecule has 0 unspecified atom stereocenters. The van der Waals surface area contributed by atoms with Gasteiger partial charge in [-0.15, -0.1) is 0 Å². The number of rotatable bonds is 6. The third kappa shape index (κ3) is 7.28. The molecule has 1 saturated carbocycles. The summed E-state index contributed by atoms with van der Waals surface area (Å²) < 4.78 is 38.9. The van der Waals surface area contributed by atoms with E-state index in [1.165, 1.54) is 30.4 Å². The Kier molecular flexibility index (Phi) is 9.34. The van der Waals surface area contributed by atoms with Crippen molar-refractivity contribution in [2.24, 2.45) is 0 Å². The van der Waals surface area contributed by atoms with Crippen LogP contribution < -0.4 is 10.1 Å². The van der Waals surface area contributed by atoms with Crippen LogP contribution in [0.4, 0.5) is 18.9 Å². The van der Waals surface area contributed by atoms with Crippen LogP contribution in [0.2, 0.25) is 0 Å². The SMILES string of the molecule is COc1cccc(-c2nn(-c3ccccc3)cc2C(=O)Nc2ccc3c(c2)CCN(C2CCC2)CC3)c1.O=C(O)C(F)(F)F. The Morgan fingerprint density at radius 3 is 2.30 bits per heavy atom. The number of methoxy groups -OCH3 is 1. The summed E-state index contributed by atoms with van der Waals surface area (Å²) in [5.41, 5.74) is 6.42. The number of hydrogen-bond donors (Lipinski definition) is 2. The number of para-hydroxylation sites is 1. The van der Waals surface area contributed by atoms with Crippen LogP contribution in [0.25, 0.3) is 16.9 Å². The van der Waals surface area contributed by atoms with Gasteiger partial charge in [0.1, 0.15) is 11.4 Å². The van der Waals surface area contributed by atoms with Gasteiger partial charge in [-0.25, -0.2) is 9.48 Å². The highest BCUT2D eigenvalue weighted by Gasteiger charge is 2.38. The molecule has 0 saturated heterocycles. The number of carbonyl (C=O) groups is 2. The molecule has 3 aromatic carbocycles. The first-order valence-electron chi connectivity index (χ1n) is 14.4. The summed E-state index contributed by atoms with van der Waals surface area (Å²) in [4.78, 5) is 25.2. The zero-order valence-electron chi connectivity index (χ0n) is 24.2. The van der Waals surface area contributed by atoms with Gasteiger partial charge in [-0.1, -0.05) is 42.8 Å². The maximum Gasteiger partial charge on any atom is 0.490 e. The monoisotopic (exact) mass is 606 g/mol. The summed E-state index contributed by atoms with van der Waals surface area (Å²) in [6, 6.07) is 24.6. The van der Waals surface area contributed by atoms with Crippen LogP contribution in [0, 0.1) is 0 Å². The number of carboxylic acids is 1. The maximum absolute atomic E-state index is 13.6. The molecule has 11 heteroatoms. The Bertz CT molecular complexity index is 1620. The van der Waals surface area contributed by atoms with E-state index >= 15 is 0 Å². The summed E-state index contributed by atoms with van der Waals surface area (Å²) in [5, 5.41) is 15.1. The van der Waals surface area contributed by atoms with Crippen molar-refractivity contribution in [3.8, 4) is 22.7 Å². The number of alkyl halides is 3. The van der Waals surface area contributed by atoms with Crippen LogP contribution in [0.3, 0.4) is 0 Å². The van der Waals surface area contributed by atoms with Gasteiger partial charge in [0.25, 0.3) is 5.91 Å². The number of nitrogens with zero attached hydrogens (tertiary/aromatic N) is 3. The minimum absolute atomic E-state index is 0.176. The van der Waals surface area contributed by atoms with Gasteiger partial charge in [0.05, 0.1) is 18.4 Å². The van der Waals surface area contributed by atoms with Crippen LogP contribution in [0.15, 0.2) is 79.0 Å². The van der Waals surface area contributed by atoms with E-state index in [0.29, 0.717) is 11.3 Å². The molecule has 230 valence electrons. The zero-order valence-corrected chi connectivity index (χ0v) is 24.2. The van der Waals surface area contributed by atoms with Crippen molar-refractivity contribution in [1.82, 2.24) is 14.7 Å². The molecule has 8 nitrogen and oxygen atoms in total. The molecule has 1 aliphatic carbocycles. The van der Waals surface area contributed by atoms with Crippen LogP contribution in [0.5, 0.6) is 5.75 Å². The standard InChI is InChI=1S/C31H32N4O2.C2HF3O2/c1-37-28-12-5-7-24(20-28)30-29(21-35(33-30)27-8-3-2-4-9-27)31(36)32-25-14-13-22-15-17-34(26-10-6-11-26)18-16-23(22)19-25;3-2(4,5)1(6)7/h2-5,7-9,12-14,19-21,26H,6,10-11,15-18H2,1H3,(H,32,36);(H,6,7). The lowest BCUT2D eigenvalue weighted by molar-refractivity contribution is -0.192. The highest BCUT2D eigenvalue weighted by atomic mass is 19.4. The van der Waals surface area contributed by atoms with Gasteiger partial charge >= 0.3 is 12.1 Å². The average molecular weight is 607 g/mol. The summed E-state index contributed by atoms with van der Waals surface area (Å²) in [7, 11) is 1.64. The molecule has 1 amide bonds. The van der Waals surface area contributed by atoms with E-state index < -0.39 is 12.1 Å². The van der Waals surface area contributed by atoms with Crippen LogP contribution in [0.1, 0.15) is 40.7 Å². The van der Waals surface area contributed by atoms with Crippen LogP contribution in [-0.2, 0) is 17.6 Å². The summed E-state index contributed by atoms with van der Waals surface area (Å²) >= 11 is 0. The van der Waals surface area contributed by atoms with Crippen LogP contribution >= 0.6 is 0 Å². The fourth-order valence-electron chi connectivity index (χ4n) is 5.37. The number of nitrogens with one attached hydrogen (secondary N) is 1. The lowest BCUT2D eigenvalue weighted by atomic mass is 9.91. The van der Waals surface area contributed by atoms with E-state index in [2.05, 4.69) is 22.3 Å². The van der Waals surface area contributed by atoms with Crippen molar-refractivity contribution in [2.75, 3.05) is 25.5 Å². The highest BCUT2D eigenvalue weighted by Crippen LogP contribution is 2.30. The fraction of sp³-hybridized carbons (Fsp3) is 0.303. The number of ether oxygens (including phenoxy) is 1. The van der Waals surface area contributed by atoms with E-state index in [1.54, 1.807) is 18.0 Å². The first-order chi connectivity index (χ1) is 21.1. The number of fused-ring (bicyclic) bond motifs is 1. The number of carbonyl (C=O) groups excluding carboxylic acids is 1. The number of halogens is 3. The minimum atomic E-state index is -5.08. The number of hydrogen-bond acceptors (Lipinski definition) is 5. The number of benzene rings is 3. The van der Waals surface area contributed by atoms with E-state index in [1.807, 2.05) is 60.7 Å². The molecule has 1 fully saturated rings. The van der Waals surface area contributed by atoms with Crippen molar-refractivity contribution in [3.63, 3.8) is 0 Å². The topological polar surface area (TPSA) is 96.7 Å². The smallest absolute Gasteiger partial charge is 0.490 e. The van der Waals surface area contributed by atoms with Crippen molar-refractivity contribution in [1.29, 1.82) is 0 Å². The zero-order chi connectivity index (χ0) is 31.3. The van der Waals surface area contributed by atoms with Gasteiger partial charge in [0, 0.05) is 36.6 Å². The predicted octanol–water partition coefficient (Wildman–Crippen LogP) is 6.39. The largest absolute Gasteiger partial charge is 0.497 e. The maximum atomic E-state index is 13.6. The Morgan fingerprint density at radius 1 is 0.955 bits per heavy atom. The second kappa shape index (κ2) is 13.3. The van der Waals surface area contributed by atoms with Gasteiger partial charge in [-0.2, -0.15) is 18.3 Å². The fourth-order valence-corrected chi connectivity index (χ4v) is 5.37. The van der Waals surface area contributed by atoms with Crippen molar-refractivity contribution in [2.45, 2.75) is 44.3 Å². The number of aliphatic carboxylic acids is 1. The molecule has 1 aliphatic heterocycles. The molecular weight excluding hydrogens is 573 g/mol. The van der Waals surface area contributed by atoms with Crippen molar-refractivity contribution < 1.29 is 32.6 Å². The molecule has 4 aromatic rings. The molecule has 1 aromatic heterocycles. The molecule has 2 aliphatic rings. The van der Waals surface area contributed by atoms with Gasteiger partial charge < -0.3 is 15.2 Å². The minimum Gasteiger partial charge on any atom is -0.497 e. The Hall–Kier alpha value is -4.64. The second-order valence-corrected chi connectivity index (χ2v) is 10.8. The van der Waals surface area contributed by atoms with E-state index in [0.717, 1.165) is 54.7 Å². The van der Waals surface area contributed by atoms with E-state index in [4.69, 9.17) is 19.7 Å². The van der Waals surface area contributed by atoms with Gasteiger partial charge in [0.15, 0.2) is 0 Å². The molecule has 0 atom stereocenters. The molecule has 6 rings (SSSR count). The number of carboxylic acid groups (broad SMARTS) is 1. The third-order valence-corrected chi connectivity index (χ3v) is 7.96. The second-order valence-electron chi connectivity index (χ2n) is 10.8. The Balaban J connectivity index is 0.000000493. The van der Waals surface area contributed by atoms with Crippen LogP contribution in [-0.4, -0.2) is 64.1 Å². The molecule has 44 heavy (non-hydrogen) atoms. The molecule has 2 heterocycles. The number of amides is 1. The van der Waals surface area contributed by atoms with Crippen molar-refractivity contribution in [3.05, 3.63) is 95.7 Å². The van der Waals surface area contributed by atoms with E-state index in [-0.39, 0.29) is 5.91 Å². The van der Waals surface area contributed by atoms with Gasteiger partial charge in [0.2, 0.25) is 0 Å². The highest BCUT2D eigenvalue weighted by molar-refractivity contribution is 6.08. The quantitative estimate of drug-likeness (QED) is 0.264. The summed E-state index contributed by atoms with van der Waals surface area (Å²) in [6.45, 7) is 2.23. The lowest BCUT2D eigenvalue weighted by Gasteiger charge is -2.36. The lowest BCUT2D eigenvalue weighted by Crippen LogP contribution is -2.41. The first kappa shape index (κ1) is 30.8. The molecule has 2 N–H and O–H groups in total.